The van der Waals surface area contributed by atoms with Gasteiger partial charge in [0, 0.05) is 22.8 Å². The third kappa shape index (κ3) is 4.21. The molecule has 1 N–H and O–H groups in total. The summed E-state index contributed by atoms with van der Waals surface area (Å²) in [4.78, 5) is 16.1. The van der Waals surface area contributed by atoms with Gasteiger partial charge in [0.15, 0.2) is 0 Å². The number of aromatic nitrogens is 2. The highest BCUT2D eigenvalue weighted by molar-refractivity contribution is 6.31. The van der Waals surface area contributed by atoms with Crippen molar-refractivity contribution in [3.63, 3.8) is 0 Å². The van der Waals surface area contributed by atoms with Gasteiger partial charge in [-0.2, -0.15) is 4.39 Å². The molecule has 0 saturated heterocycles. The Morgan fingerprint density at radius 1 is 1.03 bits per heavy atom. The smallest absolute Gasteiger partial charge is 0.239 e. The molecule has 150 valence electrons. The first-order valence-corrected chi connectivity index (χ1v) is 9.30. The minimum atomic E-state index is -0.702. The fourth-order valence-electron chi connectivity index (χ4n) is 2.99. The van der Waals surface area contributed by atoms with E-state index in [0.717, 1.165) is 0 Å². The van der Waals surface area contributed by atoms with E-state index in [4.69, 9.17) is 16.1 Å². The molecule has 0 aliphatic rings. The number of halogens is 3. The topological polar surface area (TPSA) is 68.0 Å². The molecule has 0 unspecified atom stereocenters. The Bertz CT molecular complexity index is 1210. The molecular weight excluding hydrogens is 412 g/mol. The zero-order valence-electron chi connectivity index (χ0n) is 15.4. The van der Waals surface area contributed by atoms with Crippen LogP contribution in [0.5, 0.6) is 0 Å². The summed E-state index contributed by atoms with van der Waals surface area (Å²) in [6.07, 6.45) is 1.30. The van der Waals surface area contributed by atoms with Crippen molar-refractivity contribution >= 4 is 23.4 Å². The van der Waals surface area contributed by atoms with E-state index >= 15 is 0 Å². The number of hydrogen-bond donors (Lipinski definition) is 1. The normalized spacial score (nSPS) is 10.8. The number of nitrogens with one attached hydrogen (secondary N) is 1. The van der Waals surface area contributed by atoms with E-state index < -0.39 is 11.8 Å². The van der Waals surface area contributed by atoms with Gasteiger partial charge in [0.2, 0.25) is 17.7 Å². The maximum Gasteiger partial charge on any atom is 0.239 e. The van der Waals surface area contributed by atoms with E-state index in [2.05, 4.69) is 15.5 Å². The largest absolute Gasteiger partial charge is 0.337 e. The first kappa shape index (κ1) is 19.7. The second-order valence-corrected chi connectivity index (χ2v) is 6.83. The maximum absolute atomic E-state index is 13.8. The lowest BCUT2D eigenvalue weighted by molar-refractivity contribution is -0.115. The highest BCUT2D eigenvalue weighted by atomic mass is 35.5. The van der Waals surface area contributed by atoms with Crippen LogP contribution in [0.25, 0.3) is 22.4 Å². The van der Waals surface area contributed by atoms with Crippen molar-refractivity contribution < 1.29 is 18.1 Å². The van der Waals surface area contributed by atoms with Gasteiger partial charge in [0.05, 0.1) is 12.0 Å². The van der Waals surface area contributed by atoms with Crippen LogP contribution in [0.4, 0.5) is 14.7 Å². The van der Waals surface area contributed by atoms with E-state index in [1.807, 2.05) is 0 Å². The van der Waals surface area contributed by atoms with Crippen LogP contribution in [0.3, 0.4) is 0 Å². The van der Waals surface area contributed by atoms with Crippen molar-refractivity contribution in [2.24, 2.45) is 0 Å². The van der Waals surface area contributed by atoms with Gasteiger partial charge in [-0.15, -0.1) is 0 Å². The third-order valence-corrected chi connectivity index (χ3v) is 4.76. The van der Waals surface area contributed by atoms with Crippen LogP contribution in [-0.2, 0) is 11.2 Å². The van der Waals surface area contributed by atoms with Crippen molar-refractivity contribution in [2.45, 2.75) is 6.42 Å². The molecule has 0 saturated carbocycles. The monoisotopic (exact) mass is 425 g/mol. The van der Waals surface area contributed by atoms with Crippen LogP contribution in [-0.4, -0.2) is 16.0 Å². The molecule has 2 aromatic carbocycles. The number of carbonyl (C=O) groups is 1. The predicted molar refractivity (Wildman–Crippen MR) is 109 cm³/mol. The molecule has 5 nitrogen and oxygen atoms in total. The second-order valence-electron chi connectivity index (χ2n) is 6.43. The number of amides is 1. The van der Waals surface area contributed by atoms with Gasteiger partial charge in [-0.05, 0) is 47.5 Å². The van der Waals surface area contributed by atoms with E-state index in [1.54, 1.807) is 30.3 Å². The molecule has 0 aliphatic carbocycles. The molecule has 1 amide bonds. The summed E-state index contributed by atoms with van der Waals surface area (Å²) >= 11 is 6.12. The quantitative estimate of drug-likeness (QED) is 0.428. The van der Waals surface area contributed by atoms with Crippen LogP contribution in [0, 0.1) is 11.8 Å². The minimum Gasteiger partial charge on any atom is -0.337 e. The van der Waals surface area contributed by atoms with Crippen LogP contribution >= 0.6 is 11.6 Å². The number of rotatable bonds is 5. The van der Waals surface area contributed by atoms with Crippen molar-refractivity contribution in [1.82, 2.24) is 10.1 Å². The Morgan fingerprint density at radius 2 is 1.80 bits per heavy atom. The average molecular weight is 426 g/mol. The summed E-state index contributed by atoms with van der Waals surface area (Å²) in [6.45, 7) is 0. The number of pyridine rings is 1. The molecule has 8 heteroatoms. The first-order valence-electron chi connectivity index (χ1n) is 8.92. The molecule has 0 spiro atoms. The Hall–Kier alpha value is -3.58. The first-order chi connectivity index (χ1) is 14.5. The Balaban J connectivity index is 1.71. The summed E-state index contributed by atoms with van der Waals surface area (Å²) in [5.41, 5.74) is 2.27. The predicted octanol–water partition coefficient (Wildman–Crippen LogP) is 5.52. The molecule has 2 aromatic heterocycles. The zero-order chi connectivity index (χ0) is 21.1. The summed E-state index contributed by atoms with van der Waals surface area (Å²) in [7, 11) is 0. The molecule has 0 fully saturated rings. The lowest BCUT2D eigenvalue weighted by Gasteiger charge is -2.07. The Morgan fingerprint density at radius 3 is 2.53 bits per heavy atom. The van der Waals surface area contributed by atoms with E-state index in [9.17, 15) is 13.6 Å². The summed E-state index contributed by atoms with van der Waals surface area (Å²) in [5, 5.41) is 7.15. The number of carbonyl (C=O) groups excluding carboxylic acids is 1. The molecule has 0 bridgehead atoms. The number of nitrogens with zero attached hydrogens (tertiary/aromatic N) is 2. The van der Waals surface area contributed by atoms with Crippen LogP contribution in [0.1, 0.15) is 5.56 Å². The van der Waals surface area contributed by atoms with Gasteiger partial charge in [-0.3, -0.25) is 10.1 Å². The fourth-order valence-corrected chi connectivity index (χ4v) is 3.19. The van der Waals surface area contributed by atoms with Crippen molar-refractivity contribution in [3.05, 3.63) is 89.2 Å². The van der Waals surface area contributed by atoms with E-state index in [-0.39, 0.29) is 18.2 Å². The lowest BCUT2D eigenvalue weighted by atomic mass is 10.0. The molecule has 4 aromatic rings. The minimum absolute atomic E-state index is 0.0103. The molecule has 4 rings (SSSR count). The van der Waals surface area contributed by atoms with Crippen molar-refractivity contribution in [1.29, 1.82) is 0 Å². The van der Waals surface area contributed by atoms with Crippen LogP contribution in [0.2, 0.25) is 5.02 Å². The molecule has 0 aliphatic heterocycles. The van der Waals surface area contributed by atoms with Gasteiger partial charge in [-0.25, -0.2) is 9.37 Å². The van der Waals surface area contributed by atoms with Gasteiger partial charge in [0.1, 0.15) is 11.5 Å². The van der Waals surface area contributed by atoms with Gasteiger partial charge < -0.3 is 4.52 Å². The SMILES string of the molecule is O=C(Cc1ccccc1Cl)Nc1onc(-c2ccc(F)cc2)c1-c1ccnc(F)c1. The van der Waals surface area contributed by atoms with Crippen molar-refractivity contribution in [3.8, 4) is 22.4 Å². The number of anilines is 1. The van der Waals surface area contributed by atoms with Crippen LogP contribution in [0.15, 0.2) is 71.4 Å². The van der Waals surface area contributed by atoms with E-state index in [1.165, 1.54) is 36.5 Å². The maximum atomic E-state index is 13.8. The molecule has 30 heavy (non-hydrogen) atoms. The second kappa shape index (κ2) is 8.42. The highest BCUT2D eigenvalue weighted by Crippen LogP contribution is 2.38. The number of hydrogen-bond acceptors (Lipinski definition) is 4. The average Bonchev–Trinajstić information content (AvgIpc) is 3.13. The lowest BCUT2D eigenvalue weighted by Crippen LogP contribution is -2.14. The van der Waals surface area contributed by atoms with Gasteiger partial charge >= 0.3 is 0 Å². The highest BCUT2D eigenvalue weighted by Gasteiger charge is 2.22. The number of benzene rings is 2. The summed E-state index contributed by atoms with van der Waals surface area (Å²) in [6, 6.07) is 15.3. The fraction of sp³-hybridized carbons (Fsp3) is 0.0455. The molecule has 0 radical (unpaired) electrons. The van der Waals surface area contributed by atoms with E-state index in [0.29, 0.717) is 33.0 Å². The van der Waals surface area contributed by atoms with Gasteiger partial charge in [-0.1, -0.05) is 35.0 Å². The third-order valence-electron chi connectivity index (χ3n) is 4.39. The summed E-state index contributed by atoms with van der Waals surface area (Å²) < 4.78 is 32.4. The summed E-state index contributed by atoms with van der Waals surface area (Å²) in [5.74, 6) is -1.46. The van der Waals surface area contributed by atoms with Crippen LogP contribution < -0.4 is 5.32 Å². The molecule has 2 heterocycles. The Labute approximate surface area is 175 Å². The van der Waals surface area contributed by atoms with Crippen molar-refractivity contribution in [2.75, 3.05) is 5.32 Å². The standard InChI is InChI=1S/C22H14ClF2N3O2/c23-17-4-2-1-3-14(17)12-19(29)27-22-20(15-9-10-26-18(25)11-15)21(28-30-22)13-5-7-16(24)8-6-13/h1-11H,12H2,(H,27,29). The Kier molecular flexibility index (Phi) is 5.54. The van der Waals surface area contributed by atoms with Gasteiger partial charge in [0.25, 0.3) is 0 Å². The zero-order valence-corrected chi connectivity index (χ0v) is 16.2. The molecular formula is C22H14ClF2N3O2. The molecule has 0 atom stereocenters.